The summed E-state index contributed by atoms with van der Waals surface area (Å²) in [6.07, 6.45) is 0. The molecule has 0 aliphatic heterocycles. The van der Waals surface area contributed by atoms with Crippen LogP contribution in [0.2, 0.25) is 0 Å². The zero-order chi connectivity index (χ0) is 23.9. The molecule has 10 nitrogen and oxygen atoms in total. The van der Waals surface area contributed by atoms with E-state index in [4.69, 9.17) is 18.9 Å². The number of nitrogens with one attached hydrogen (secondary N) is 2. The Kier molecular flexibility index (Phi) is 8.44. The van der Waals surface area contributed by atoms with Gasteiger partial charge in [0, 0.05) is 31.4 Å². The summed E-state index contributed by atoms with van der Waals surface area (Å²) in [6.45, 7) is 2.29. The van der Waals surface area contributed by atoms with Crippen LogP contribution in [0.15, 0.2) is 35.2 Å². The van der Waals surface area contributed by atoms with E-state index in [0.717, 1.165) is 0 Å². The van der Waals surface area contributed by atoms with Crippen LogP contribution in [-0.4, -0.2) is 61.9 Å². The fourth-order valence-corrected chi connectivity index (χ4v) is 3.92. The van der Waals surface area contributed by atoms with Crippen molar-refractivity contribution in [2.24, 2.45) is 0 Å². The highest BCUT2D eigenvalue weighted by Gasteiger charge is 2.24. The molecule has 2 aromatic carbocycles. The highest BCUT2D eigenvalue weighted by Crippen LogP contribution is 2.35. The molecule has 0 heterocycles. The van der Waals surface area contributed by atoms with E-state index in [1.807, 2.05) is 0 Å². The molecule has 0 fully saturated rings. The molecule has 0 saturated carbocycles. The Hall–Kier alpha value is -3.31. The van der Waals surface area contributed by atoms with Gasteiger partial charge in [0.1, 0.15) is 0 Å². The van der Waals surface area contributed by atoms with Crippen LogP contribution in [-0.2, 0) is 19.5 Å². The molecule has 0 spiro atoms. The van der Waals surface area contributed by atoms with E-state index < -0.39 is 21.9 Å². The summed E-state index contributed by atoms with van der Waals surface area (Å²) in [5.74, 6) is -0.773. The zero-order valence-electron chi connectivity index (χ0n) is 18.5. The molecule has 0 aliphatic rings. The van der Waals surface area contributed by atoms with Crippen LogP contribution in [0.5, 0.6) is 11.5 Å². The molecule has 0 bridgehead atoms. The van der Waals surface area contributed by atoms with Crippen LogP contribution in [0, 0.1) is 6.92 Å². The summed E-state index contributed by atoms with van der Waals surface area (Å²) < 4.78 is 48.6. The minimum Gasteiger partial charge on any atom is -0.493 e. The van der Waals surface area contributed by atoms with E-state index in [1.54, 1.807) is 6.92 Å². The minimum atomic E-state index is -4.18. The van der Waals surface area contributed by atoms with E-state index in [9.17, 15) is 18.0 Å². The first kappa shape index (κ1) is 25.0. The maximum absolute atomic E-state index is 13.1. The second-order valence-electron chi connectivity index (χ2n) is 6.58. The van der Waals surface area contributed by atoms with Crippen LogP contribution in [0.3, 0.4) is 0 Å². The van der Waals surface area contributed by atoms with Gasteiger partial charge in [0.2, 0.25) is 0 Å². The molecule has 1 amide bonds. The van der Waals surface area contributed by atoms with Gasteiger partial charge in [-0.3, -0.25) is 9.52 Å². The maximum atomic E-state index is 13.1. The number of anilines is 1. The summed E-state index contributed by atoms with van der Waals surface area (Å²) in [6, 6.07) is 6.78. The monoisotopic (exact) mass is 466 g/mol. The Bertz CT molecular complexity index is 1100. The van der Waals surface area contributed by atoms with Gasteiger partial charge < -0.3 is 24.3 Å². The lowest BCUT2D eigenvalue weighted by molar-refractivity contribution is 0.0601. The number of carbonyl (C=O) groups is 2. The lowest BCUT2D eigenvalue weighted by atomic mass is 10.1. The second-order valence-corrected chi connectivity index (χ2v) is 8.26. The molecule has 174 valence electrons. The number of sulfonamides is 1. The SMILES string of the molecule is COCCNC(=O)c1cc(S(=O)(=O)Nc2cc(OC)c(OC)cc2C(=O)OC)ccc1C. The smallest absolute Gasteiger partial charge is 0.340 e. The molecule has 0 saturated heterocycles. The molecule has 0 unspecified atom stereocenters. The molecule has 11 heteroatoms. The number of methoxy groups -OCH3 is 4. The quantitative estimate of drug-likeness (QED) is 0.402. The zero-order valence-corrected chi connectivity index (χ0v) is 19.3. The van der Waals surface area contributed by atoms with Crippen molar-refractivity contribution in [1.29, 1.82) is 0 Å². The summed E-state index contributed by atoms with van der Waals surface area (Å²) in [7, 11) is 1.26. The number of esters is 1. The Morgan fingerprint density at radius 1 is 0.938 bits per heavy atom. The Morgan fingerprint density at radius 3 is 2.19 bits per heavy atom. The fourth-order valence-electron chi connectivity index (χ4n) is 2.82. The van der Waals surface area contributed by atoms with Gasteiger partial charge in [-0.25, -0.2) is 13.2 Å². The average molecular weight is 467 g/mol. The molecule has 0 atom stereocenters. The second kappa shape index (κ2) is 10.8. The number of aryl methyl sites for hydroxylation is 1. The number of hydrogen-bond donors (Lipinski definition) is 2. The molecule has 2 aromatic rings. The third-order valence-electron chi connectivity index (χ3n) is 4.53. The topological polar surface area (TPSA) is 129 Å². The molecule has 0 aromatic heterocycles. The molecule has 2 N–H and O–H groups in total. The summed E-state index contributed by atoms with van der Waals surface area (Å²) in [5, 5.41) is 2.66. The lowest BCUT2D eigenvalue weighted by Gasteiger charge is -2.16. The highest BCUT2D eigenvalue weighted by atomic mass is 32.2. The first-order valence-corrected chi connectivity index (χ1v) is 10.9. The molecule has 2 rings (SSSR count). The Morgan fingerprint density at radius 2 is 1.59 bits per heavy atom. The van der Waals surface area contributed by atoms with Gasteiger partial charge in [-0.05, 0) is 24.6 Å². The van der Waals surface area contributed by atoms with E-state index in [1.165, 1.54) is 58.8 Å². The van der Waals surface area contributed by atoms with Crippen molar-refractivity contribution in [3.8, 4) is 11.5 Å². The Balaban J connectivity index is 2.46. The van der Waals surface area contributed by atoms with Crippen molar-refractivity contribution in [2.75, 3.05) is 46.3 Å². The van der Waals surface area contributed by atoms with Crippen molar-refractivity contribution < 1.29 is 37.0 Å². The predicted octanol–water partition coefficient (Wildman–Crippen LogP) is 1.98. The highest BCUT2D eigenvalue weighted by molar-refractivity contribution is 7.92. The van der Waals surface area contributed by atoms with Crippen LogP contribution in [0.25, 0.3) is 0 Å². The maximum Gasteiger partial charge on any atom is 0.340 e. The van der Waals surface area contributed by atoms with Crippen molar-refractivity contribution in [3.63, 3.8) is 0 Å². The summed E-state index contributed by atoms with van der Waals surface area (Å²) >= 11 is 0. The van der Waals surface area contributed by atoms with Gasteiger partial charge in [0.15, 0.2) is 11.5 Å². The van der Waals surface area contributed by atoms with Crippen LogP contribution < -0.4 is 19.5 Å². The molecule has 0 aliphatic carbocycles. The third kappa shape index (κ3) is 5.68. The van der Waals surface area contributed by atoms with Crippen LogP contribution in [0.1, 0.15) is 26.3 Å². The van der Waals surface area contributed by atoms with Crippen molar-refractivity contribution in [2.45, 2.75) is 11.8 Å². The first-order chi connectivity index (χ1) is 15.2. The number of ether oxygens (including phenoxy) is 4. The van der Waals surface area contributed by atoms with Gasteiger partial charge in [0.25, 0.3) is 15.9 Å². The van der Waals surface area contributed by atoms with Crippen molar-refractivity contribution >= 4 is 27.6 Å². The summed E-state index contributed by atoms with van der Waals surface area (Å²) in [5.41, 5.74) is 0.657. The first-order valence-electron chi connectivity index (χ1n) is 9.43. The molecule has 32 heavy (non-hydrogen) atoms. The number of carbonyl (C=O) groups excluding carboxylic acids is 2. The average Bonchev–Trinajstić information content (AvgIpc) is 2.78. The van der Waals surface area contributed by atoms with Gasteiger partial charge in [-0.1, -0.05) is 6.07 Å². The Labute approximate surface area is 186 Å². The number of amides is 1. The van der Waals surface area contributed by atoms with E-state index in [0.29, 0.717) is 12.2 Å². The summed E-state index contributed by atoms with van der Waals surface area (Å²) in [4.78, 5) is 24.5. The van der Waals surface area contributed by atoms with Crippen molar-refractivity contribution in [1.82, 2.24) is 5.32 Å². The van der Waals surface area contributed by atoms with Gasteiger partial charge >= 0.3 is 5.97 Å². The van der Waals surface area contributed by atoms with Gasteiger partial charge in [-0.2, -0.15) is 0 Å². The van der Waals surface area contributed by atoms with E-state index in [-0.39, 0.29) is 39.8 Å². The molecular formula is C21H26N2O8S. The number of rotatable bonds is 10. The van der Waals surface area contributed by atoms with Gasteiger partial charge in [-0.15, -0.1) is 0 Å². The van der Waals surface area contributed by atoms with E-state index >= 15 is 0 Å². The number of hydrogen-bond acceptors (Lipinski definition) is 8. The van der Waals surface area contributed by atoms with Gasteiger partial charge in [0.05, 0.1) is 44.1 Å². The molecule has 0 radical (unpaired) electrons. The fraction of sp³-hybridized carbons (Fsp3) is 0.333. The molecular weight excluding hydrogens is 440 g/mol. The predicted molar refractivity (Wildman–Crippen MR) is 117 cm³/mol. The number of benzene rings is 2. The lowest BCUT2D eigenvalue weighted by Crippen LogP contribution is -2.28. The van der Waals surface area contributed by atoms with Crippen LogP contribution >= 0.6 is 0 Å². The standard InChI is InChI=1S/C21H26N2O8S/c1-13-6-7-14(10-15(13)20(24)22-8-9-28-2)32(26,27)23-17-12-19(30-4)18(29-3)11-16(17)21(25)31-5/h6-7,10-12,23H,8-9H2,1-5H3,(H,22,24). The third-order valence-corrected chi connectivity index (χ3v) is 5.89. The minimum absolute atomic E-state index is 0.0684. The normalized spacial score (nSPS) is 10.9. The van der Waals surface area contributed by atoms with Crippen molar-refractivity contribution in [3.05, 3.63) is 47.0 Å². The van der Waals surface area contributed by atoms with Crippen LogP contribution in [0.4, 0.5) is 5.69 Å². The van der Waals surface area contributed by atoms with E-state index in [2.05, 4.69) is 10.0 Å². The largest absolute Gasteiger partial charge is 0.493 e.